The summed E-state index contributed by atoms with van der Waals surface area (Å²) in [4.78, 5) is 8.32. The lowest BCUT2D eigenvalue weighted by Crippen LogP contribution is -1.94. The van der Waals surface area contributed by atoms with Gasteiger partial charge in [0.2, 0.25) is 0 Å². The number of hydrogen-bond acceptors (Lipinski definition) is 3. The summed E-state index contributed by atoms with van der Waals surface area (Å²) in [5.41, 5.74) is 4.77. The first-order chi connectivity index (χ1) is 13.7. The zero-order valence-electron chi connectivity index (χ0n) is 16.9. The molecule has 0 saturated heterocycles. The van der Waals surface area contributed by atoms with Crippen molar-refractivity contribution >= 4 is 0 Å². The predicted octanol–water partition coefficient (Wildman–Crippen LogP) is 6.98. The normalized spacial score (nSPS) is 12.1. The van der Waals surface area contributed by atoms with E-state index in [1.807, 2.05) is 12.1 Å². The molecule has 0 aliphatic heterocycles. The molecule has 3 rings (SSSR count). The van der Waals surface area contributed by atoms with Crippen LogP contribution in [0.3, 0.4) is 0 Å². The molecule has 2 aromatic carbocycles. The van der Waals surface area contributed by atoms with E-state index in [-0.39, 0.29) is 5.75 Å². The molecule has 0 fully saturated rings. The number of aromatic hydroxyl groups is 1. The summed E-state index contributed by atoms with van der Waals surface area (Å²) < 4.78 is 0. The van der Waals surface area contributed by atoms with Crippen molar-refractivity contribution in [2.45, 2.75) is 58.3 Å². The molecule has 1 atom stereocenters. The van der Waals surface area contributed by atoms with Crippen LogP contribution in [-0.2, 0) is 0 Å². The maximum atomic E-state index is 9.31. The first-order valence-electron chi connectivity index (χ1n) is 10.4. The zero-order chi connectivity index (χ0) is 19.8. The number of benzene rings is 2. The van der Waals surface area contributed by atoms with Crippen LogP contribution in [0.4, 0.5) is 0 Å². The Morgan fingerprint density at radius 3 is 1.89 bits per heavy atom. The minimum Gasteiger partial charge on any atom is -0.505 e. The third-order valence-corrected chi connectivity index (χ3v) is 5.34. The van der Waals surface area contributed by atoms with E-state index in [9.17, 15) is 5.11 Å². The van der Waals surface area contributed by atoms with Crippen molar-refractivity contribution in [1.82, 2.24) is 9.97 Å². The molecule has 3 nitrogen and oxygen atoms in total. The molecule has 0 bridgehead atoms. The van der Waals surface area contributed by atoms with E-state index < -0.39 is 0 Å². The van der Waals surface area contributed by atoms with Gasteiger partial charge in [-0.2, -0.15) is 0 Å². The minimum atomic E-state index is 0.0793. The van der Waals surface area contributed by atoms with Crippen molar-refractivity contribution in [1.29, 1.82) is 0 Å². The standard InChI is InChI=1S/C25H30N2O/c1-3-4-5-6-7-8-19(2)20-9-11-21(12-10-20)22-13-15-23(16-14-22)25-26-17-24(28)18-27-25/h9-19,28H,3-8H2,1-2H3. The molecule has 0 amide bonds. The van der Waals surface area contributed by atoms with Crippen LogP contribution in [0, 0.1) is 0 Å². The zero-order valence-corrected chi connectivity index (χ0v) is 16.9. The molecule has 3 aromatic rings. The van der Waals surface area contributed by atoms with Gasteiger partial charge in [-0.05, 0) is 29.0 Å². The van der Waals surface area contributed by atoms with Crippen LogP contribution < -0.4 is 0 Å². The van der Waals surface area contributed by atoms with Crippen LogP contribution in [-0.4, -0.2) is 15.1 Å². The summed E-state index contributed by atoms with van der Waals surface area (Å²) in [6.07, 6.45) is 10.8. The molecule has 1 heterocycles. The Morgan fingerprint density at radius 2 is 1.29 bits per heavy atom. The van der Waals surface area contributed by atoms with Gasteiger partial charge < -0.3 is 5.11 Å². The molecule has 1 aromatic heterocycles. The SMILES string of the molecule is CCCCCCCC(C)c1ccc(-c2ccc(-c3ncc(O)cn3)cc2)cc1. The predicted molar refractivity (Wildman–Crippen MR) is 116 cm³/mol. The van der Waals surface area contributed by atoms with Gasteiger partial charge in [-0.1, -0.05) is 94.5 Å². The summed E-state index contributed by atoms with van der Waals surface area (Å²) in [6, 6.07) is 17.2. The summed E-state index contributed by atoms with van der Waals surface area (Å²) in [5.74, 6) is 1.31. The fourth-order valence-corrected chi connectivity index (χ4v) is 3.51. The van der Waals surface area contributed by atoms with Gasteiger partial charge in [0.05, 0.1) is 12.4 Å². The summed E-state index contributed by atoms with van der Waals surface area (Å²) in [6.45, 7) is 4.60. The largest absolute Gasteiger partial charge is 0.505 e. The highest BCUT2D eigenvalue weighted by Crippen LogP contribution is 2.27. The maximum absolute atomic E-state index is 9.31. The van der Waals surface area contributed by atoms with Crippen molar-refractivity contribution in [3.8, 4) is 28.3 Å². The number of hydrogen-bond donors (Lipinski definition) is 1. The Balaban J connectivity index is 1.60. The van der Waals surface area contributed by atoms with E-state index in [1.54, 1.807) is 0 Å². The van der Waals surface area contributed by atoms with E-state index in [0.717, 1.165) is 5.56 Å². The Morgan fingerprint density at radius 1 is 0.750 bits per heavy atom. The minimum absolute atomic E-state index is 0.0793. The maximum Gasteiger partial charge on any atom is 0.159 e. The summed E-state index contributed by atoms with van der Waals surface area (Å²) in [7, 11) is 0. The van der Waals surface area contributed by atoms with E-state index in [4.69, 9.17) is 0 Å². The van der Waals surface area contributed by atoms with Crippen LogP contribution in [0.1, 0.15) is 63.9 Å². The topological polar surface area (TPSA) is 46.0 Å². The molecular formula is C25H30N2O. The third kappa shape index (κ3) is 5.41. The molecule has 0 spiro atoms. The number of unbranched alkanes of at least 4 members (excludes halogenated alkanes) is 4. The molecule has 0 aliphatic rings. The second kappa shape index (κ2) is 10.0. The van der Waals surface area contributed by atoms with Gasteiger partial charge in [0, 0.05) is 5.56 Å². The van der Waals surface area contributed by atoms with Crippen molar-refractivity contribution < 1.29 is 5.11 Å². The average Bonchev–Trinajstić information content (AvgIpc) is 2.74. The number of aromatic nitrogens is 2. The third-order valence-electron chi connectivity index (χ3n) is 5.34. The smallest absolute Gasteiger partial charge is 0.159 e. The molecule has 1 unspecified atom stereocenters. The summed E-state index contributed by atoms with van der Waals surface area (Å²) in [5, 5.41) is 9.31. The van der Waals surface area contributed by atoms with Crippen LogP contribution in [0.15, 0.2) is 60.9 Å². The first kappa shape index (κ1) is 20.1. The lowest BCUT2D eigenvalue weighted by Gasteiger charge is -2.13. The Hall–Kier alpha value is -2.68. The van der Waals surface area contributed by atoms with Gasteiger partial charge in [0.25, 0.3) is 0 Å². The number of rotatable bonds is 9. The van der Waals surface area contributed by atoms with Gasteiger partial charge in [-0.3, -0.25) is 0 Å². The Kier molecular flexibility index (Phi) is 7.18. The fourth-order valence-electron chi connectivity index (χ4n) is 3.51. The van der Waals surface area contributed by atoms with E-state index in [1.165, 1.54) is 67.6 Å². The van der Waals surface area contributed by atoms with Gasteiger partial charge in [-0.15, -0.1) is 0 Å². The van der Waals surface area contributed by atoms with E-state index in [0.29, 0.717) is 11.7 Å². The highest BCUT2D eigenvalue weighted by Gasteiger charge is 2.07. The van der Waals surface area contributed by atoms with Crippen LogP contribution in [0.2, 0.25) is 0 Å². The molecule has 146 valence electrons. The Bertz CT molecular complexity index is 839. The average molecular weight is 375 g/mol. The monoisotopic (exact) mass is 374 g/mol. The molecule has 0 saturated carbocycles. The quantitative estimate of drug-likeness (QED) is 0.411. The van der Waals surface area contributed by atoms with Gasteiger partial charge in [0.1, 0.15) is 0 Å². The van der Waals surface area contributed by atoms with Crippen molar-refractivity contribution in [3.63, 3.8) is 0 Å². The molecule has 3 heteroatoms. The fraction of sp³-hybridized carbons (Fsp3) is 0.360. The lowest BCUT2D eigenvalue weighted by atomic mass is 9.93. The second-order valence-corrected chi connectivity index (χ2v) is 7.57. The molecule has 0 aliphatic carbocycles. The molecular weight excluding hydrogens is 344 g/mol. The van der Waals surface area contributed by atoms with Crippen molar-refractivity contribution in [2.75, 3.05) is 0 Å². The van der Waals surface area contributed by atoms with E-state index in [2.05, 4.69) is 60.2 Å². The summed E-state index contributed by atoms with van der Waals surface area (Å²) >= 11 is 0. The molecule has 0 radical (unpaired) electrons. The second-order valence-electron chi connectivity index (χ2n) is 7.57. The molecule has 1 N–H and O–H groups in total. The highest BCUT2D eigenvalue weighted by atomic mass is 16.3. The molecule has 28 heavy (non-hydrogen) atoms. The highest BCUT2D eigenvalue weighted by molar-refractivity contribution is 5.68. The first-order valence-corrected chi connectivity index (χ1v) is 10.4. The van der Waals surface area contributed by atoms with Crippen LogP contribution in [0.25, 0.3) is 22.5 Å². The van der Waals surface area contributed by atoms with Crippen molar-refractivity contribution in [3.05, 3.63) is 66.5 Å². The van der Waals surface area contributed by atoms with Gasteiger partial charge in [0.15, 0.2) is 11.6 Å². The van der Waals surface area contributed by atoms with Gasteiger partial charge >= 0.3 is 0 Å². The van der Waals surface area contributed by atoms with Crippen LogP contribution >= 0.6 is 0 Å². The number of nitrogens with zero attached hydrogens (tertiary/aromatic N) is 2. The van der Waals surface area contributed by atoms with E-state index >= 15 is 0 Å². The Labute approximate surface area is 168 Å². The van der Waals surface area contributed by atoms with Crippen molar-refractivity contribution in [2.24, 2.45) is 0 Å². The van der Waals surface area contributed by atoms with Crippen LogP contribution in [0.5, 0.6) is 5.75 Å². The lowest BCUT2D eigenvalue weighted by molar-refractivity contribution is 0.470. The van der Waals surface area contributed by atoms with Gasteiger partial charge in [-0.25, -0.2) is 9.97 Å².